The van der Waals surface area contributed by atoms with Gasteiger partial charge in [0.1, 0.15) is 23.0 Å². The zero-order valence-electron chi connectivity index (χ0n) is 21.2. The molecule has 1 atom stereocenters. The van der Waals surface area contributed by atoms with E-state index in [9.17, 15) is 14.7 Å². The first-order valence-electron chi connectivity index (χ1n) is 11.9. The number of benzene rings is 2. The van der Waals surface area contributed by atoms with E-state index < -0.39 is 17.7 Å². The summed E-state index contributed by atoms with van der Waals surface area (Å²) >= 11 is 0. The number of likely N-dealkylation sites (tertiary alicyclic amines) is 1. The number of aliphatic hydroxyl groups excluding tert-OH is 1. The molecule has 1 N–H and O–H groups in total. The molecule has 1 fully saturated rings. The molecule has 0 bridgehead atoms. The van der Waals surface area contributed by atoms with Crippen molar-refractivity contribution in [3.05, 3.63) is 88.9 Å². The topological polar surface area (TPSA) is 89.2 Å². The number of hydrogen-bond acceptors (Lipinski definition) is 6. The predicted molar refractivity (Wildman–Crippen MR) is 136 cm³/mol. The number of hydrogen-bond donors (Lipinski definition) is 1. The Morgan fingerprint density at radius 3 is 2.50 bits per heavy atom. The molecule has 0 saturated carbocycles. The van der Waals surface area contributed by atoms with Crippen molar-refractivity contribution >= 4 is 17.4 Å². The first-order chi connectivity index (χ1) is 17.2. The van der Waals surface area contributed by atoms with Crippen LogP contribution >= 0.6 is 0 Å². The second-order valence-corrected chi connectivity index (χ2v) is 9.68. The van der Waals surface area contributed by atoms with Gasteiger partial charge in [0.05, 0.1) is 43.7 Å². The fourth-order valence-electron chi connectivity index (χ4n) is 4.41. The molecule has 0 radical (unpaired) electrons. The van der Waals surface area contributed by atoms with E-state index in [2.05, 4.69) is 20.8 Å². The smallest absolute Gasteiger partial charge is 0.296 e. The lowest BCUT2D eigenvalue weighted by molar-refractivity contribution is -0.140. The molecular weight excluding hydrogens is 458 g/mol. The Morgan fingerprint density at radius 2 is 1.86 bits per heavy atom. The van der Waals surface area contributed by atoms with E-state index in [4.69, 9.17) is 13.9 Å². The lowest BCUT2D eigenvalue weighted by Gasteiger charge is -2.25. The summed E-state index contributed by atoms with van der Waals surface area (Å²) in [5.74, 6) is -0.245. The highest BCUT2D eigenvalue weighted by molar-refractivity contribution is 6.46. The van der Waals surface area contributed by atoms with E-state index in [0.29, 0.717) is 35.0 Å². The molecule has 0 aliphatic carbocycles. The van der Waals surface area contributed by atoms with Gasteiger partial charge in [0.25, 0.3) is 11.7 Å². The van der Waals surface area contributed by atoms with Gasteiger partial charge >= 0.3 is 0 Å². The average molecular weight is 490 g/mol. The number of amides is 1. The molecular formula is C29H31NO6. The maximum absolute atomic E-state index is 13.4. The summed E-state index contributed by atoms with van der Waals surface area (Å²) in [6, 6.07) is 15.3. The Balaban J connectivity index is 1.93. The Morgan fingerprint density at radius 1 is 1.08 bits per heavy atom. The lowest BCUT2D eigenvalue weighted by Crippen LogP contribution is -2.29. The number of furan rings is 1. The summed E-state index contributed by atoms with van der Waals surface area (Å²) in [4.78, 5) is 28.1. The van der Waals surface area contributed by atoms with Gasteiger partial charge in [-0.05, 0) is 59.9 Å². The quantitative estimate of drug-likeness (QED) is 0.264. The summed E-state index contributed by atoms with van der Waals surface area (Å²) < 4.78 is 16.7. The predicted octanol–water partition coefficient (Wildman–Crippen LogP) is 5.61. The highest BCUT2D eigenvalue weighted by atomic mass is 16.5. The Labute approximate surface area is 210 Å². The maximum atomic E-state index is 13.4. The SMILES string of the molecule is CCOc1cccc(C2/C(=C(\O)c3cc(C(C)(C)C)ccc3OC)C(=O)C(=O)N2Cc2ccco2)c1. The van der Waals surface area contributed by atoms with Gasteiger partial charge < -0.3 is 23.9 Å². The molecule has 1 amide bonds. The van der Waals surface area contributed by atoms with Crippen molar-refractivity contribution < 1.29 is 28.6 Å². The molecule has 1 aromatic heterocycles. The molecule has 3 aromatic rings. The Bertz CT molecular complexity index is 1300. The van der Waals surface area contributed by atoms with Crippen LogP contribution in [0.3, 0.4) is 0 Å². The zero-order valence-corrected chi connectivity index (χ0v) is 21.2. The van der Waals surface area contributed by atoms with Crippen LogP contribution in [0.4, 0.5) is 0 Å². The van der Waals surface area contributed by atoms with Crippen molar-refractivity contribution in [3.8, 4) is 11.5 Å². The van der Waals surface area contributed by atoms with Crippen molar-refractivity contribution in [2.45, 2.75) is 45.7 Å². The van der Waals surface area contributed by atoms with E-state index >= 15 is 0 Å². The van der Waals surface area contributed by atoms with Gasteiger partial charge in [-0.1, -0.05) is 39.0 Å². The van der Waals surface area contributed by atoms with Crippen LogP contribution in [0.25, 0.3) is 5.76 Å². The minimum Gasteiger partial charge on any atom is -0.507 e. The molecule has 2 heterocycles. The number of Topliss-reactive ketones (excluding diaryl/α,β-unsaturated/α-hetero) is 1. The first kappa shape index (κ1) is 25.1. The maximum Gasteiger partial charge on any atom is 0.296 e. The Hall–Kier alpha value is -4.00. The average Bonchev–Trinajstić information content (AvgIpc) is 3.45. The van der Waals surface area contributed by atoms with Crippen LogP contribution in [0.15, 0.2) is 70.9 Å². The van der Waals surface area contributed by atoms with Gasteiger partial charge in [-0.15, -0.1) is 0 Å². The number of ether oxygens (including phenoxy) is 2. The van der Waals surface area contributed by atoms with Gasteiger partial charge in [0.2, 0.25) is 0 Å². The molecule has 1 unspecified atom stereocenters. The fourth-order valence-corrected chi connectivity index (χ4v) is 4.41. The second kappa shape index (κ2) is 9.93. The van der Waals surface area contributed by atoms with Crippen molar-refractivity contribution in [2.75, 3.05) is 13.7 Å². The number of aliphatic hydroxyl groups is 1. The van der Waals surface area contributed by atoms with Crippen LogP contribution in [0.2, 0.25) is 0 Å². The van der Waals surface area contributed by atoms with Gasteiger partial charge in [-0.25, -0.2) is 0 Å². The normalized spacial score (nSPS) is 17.5. The van der Waals surface area contributed by atoms with Crippen LogP contribution in [-0.2, 0) is 21.5 Å². The first-order valence-corrected chi connectivity index (χ1v) is 11.9. The molecule has 7 heteroatoms. The van der Waals surface area contributed by atoms with Crippen LogP contribution in [0.1, 0.15) is 56.2 Å². The van der Waals surface area contributed by atoms with Crippen molar-refractivity contribution in [1.29, 1.82) is 0 Å². The largest absolute Gasteiger partial charge is 0.507 e. The minimum absolute atomic E-state index is 0.00966. The minimum atomic E-state index is -0.849. The fraction of sp³-hybridized carbons (Fsp3) is 0.310. The summed E-state index contributed by atoms with van der Waals surface area (Å²) in [6.45, 7) is 8.58. The number of rotatable bonds is 7. The lowest BCUT2D eigenvalue weighted by atomic mass is 9.85. The van der Waals surface area contributed by atoms with Crippen LogP contribution in [-0.4, -0.2) is 35.4 Å². The third kappa shape index (κ3) is 4.73. The number of nitrogens with zero attached hydrogens (tertiary/aromatic N) is 1. The van der Waals surface area contributed by atoms with Gasteiger partial charge in [-0.3, -0.25) is 9.59 Å². The highest BCUT2D eigenvalue weighted by Gasteiger charge is 2.46. The third-order valence-corrected chi connectivity index (χ3v) is 6.25. The number of ketones is 1. The zero-order chi connectivity index (χ0) is 26.0. The molecule has 1 aliphatic heterocycles. The number of carbonyl (C=O) groups excluding carboxylic acids is 2. The van der Waals surface area contributed by atoms with Crippen LogP contribution in [0.5, 0.6) is 11.5 Å². The van der Waals surface area contributed by atoms with E-state index in [1.54, 1.807) is 30.3 Å². The molecule has 1 saturated heterocycles. The molecule has 7 nitrogen and oxygen atoms in total. The van der Waals surface area contributed by atoms with Gasteiger partial charge in [-0.2, -0.15) is 0 Å². The highest BCUT2D eigenvalue weighted by Crippen LogP contribution is 2.43. The van der Waals surface area contributed by atoms with E-state index in [1.807, 2.05) is 31.2 Å². The standard InChI is InChI=1S/C29H31NO6/c1-6-35-20-10-7-9-18(15-20)25-24(27(32)28(33)30(25)17-21-11-8-14-36-21)26(31)22-16-19(29(2,3)4)12-13-23(22)34-5/h7-16,25,31H,6,17H2,1-5H3/b26-24+. The van der Waals surface area contributed by atoms with Crippen molar-refractivity contribution in [1.82, 2.24) is 4.90 Å². The molecule has 1 aliphatic rings. The summed E-state index contributed by atoms with van der Waals surface area (Å²) in [6.07, 6.45) is 1.51. The number of carbonyl (C=O) groups is 2. The van der Waals surface area contributed by atoms with Crippen LogP contribution in [0, 0.1) is 0 Å². The summed E-state index contributed by atoms with van der Waals surface area (Å²) in [7, 11) is 1.50. The molecule has 2 aromatic carbocycles. The van der Waals surface area contributed by atoms with Crippen LogP contribution < -0.4 is 9.47 Å². The summed E-state index contributed by atoms with van der Waals surface area (Å²) in [5, 5.41) is 11.6. The monoisotopic (exact) mass is 489 g/mol. The molecule has 4 rings (SSSR count). The summed E-state index contributed by atoms with van der Waals surface area (Å²) in [5.41, 5.74) is 1.72. The van der Waals surface area contributed by atoms with E-state index in [-0.39, 0.29) is 23.3 Å². The van der Waals surface area contributed by atoms with E-state index in [0.717, 1.165) is 5.56 Å². The van der Waals surface area contributed by atoms with Crippen molar-refractivity contribution in [2.24, 2.45) is 0 Å². The van der Waals surface area contributed by atoms with Crippen molar-refractivity contribution in [3.63, 3.8) is 0 Å². The number of methoxy groups -OCH3 is 1. The molecule has 188 valence electrons. The van der Waals surface area contributed by atoms with E-state index in [1.165, 1.54) is 18.3 Å². The molecule has 36 heavy (non-hydrogen) atoms. The third-order valence-electron chi connectivity index (χ3n) is 6.25. The Kier molecular flexibility index (Phi) is 6.93. The van der Waals surface area contributed by atoms with Gasteiger partial charge in [0.15, 0.2) is 0 Å². The molecule has 0 spiro atoms. The van der Waals surface area contributed by atoms with Gasteiger partial charge in [0, 0.05) is 0 Å². The second-order valence-electron chi connectivity index (χ2n) is 9.68.